The highest BCUT2D eigenvalue weighted by atomic mass is 16.5. The van der Waals surface area contributed by atoms with E-state index in [1.54, 1.807) is 7.05 Å². The highest BCUT2D eigenvalue weighted by Crippen LogP contribution is 2.10. The van der Waals surface area contributed by atoms with E-state index in [4.69, 9.17) is 4.74 Å². The first-order valence-corrected chi connectivity index (χ1v) is 5.75. The number of aromatic nitrogens is 6. The van der Waals surface area contributed by atoms with Crippen LogP contribution in [-0.4, -0.2) is 43.4 Å². The van der Waals surface area contributed by atoms with Gasteiger partial charge in [-0.1, -0.05) is 13.3 Å². The van der Waals surface area contributed by atoms with Crippen LogP contribution in [0.15, 0.2) is 12.7 Å². The minimum absolute atomic E-state index is 0.285. The van der Waals surface area contributed by atoms with Crippen LogP contribution in [-0.2, 0) is 0 Å². The number of rotatable bonds is 6. The summed E-state index contributed by atoms with van der Waals surface area (Å²) in [6, 6.07) is 0.285. The van der Waals surface area contributed by atoms with Gasteiger partial charge in [-0.3, -0.25) is 0 Å². The number of nitrogens with zero attached hydrogens (tertiary/aromatic N) is 6. The van der Waals surface area contributed by atoms with E-state index in [1.807, 2.05) is 0 Å². The van der Waals surface area contributed by atoms with Crippen LogP contribution >= 0.6 is 0 Å². The highest BCUT2D eigenvalue weighted by molar-refractivity contribution is 5.28. The van der Waals surface area contributed by atoms with Crippen molar-refractivity contribution in [3.63, 3.8) is 0 Å². The molecule has 0 atom stereocenters. The second kappa shape index (κ2) is 5.89. The Hall–Kier alpha value is -2.25. The van der Waals surface area contributed by atoms with Crippen LogP contribution in [0.5, 0.6) is 6.01 Å². The van der Waals surface area contributed by atoms with Gasteiger partial charge in [-0.05, 0) is 6.42 Å². The molecule has 0 aliphatic rings. The number of ether oxygens (including phenoxy) is 1. The fourth-order valence-corrected chi connectivity index (χ4v) is 1.24. The maximum absolute atomic E-state index is 5.46. The standard InChI is InChI=1S/C10H15N7O/c1-3-4-5-18-10-15-8(11-2)14-9(16-10)17-7-12-6-13-17/h6-7H,3-5H2,1-2H3,(H,11,14,15,16). The normalized spacial score (nSPS) is 10.3. The molecule has 2 heterocycles. The first-order valence-electron chi connectivity index (χ1n) is 5.75. The van der Waals surface area contributed by atoms with Crippen LogP contribution in [0.2, 0.25) is 0 Å². The molecule has 0 aromatic carbocycles. The summed E-state index contributed by atoms with van der Waals surface area (Å²) in [7, 11) is 1.73. The number of anilines is 1. The van der Waals surface area contributed by atoms with E-state index in [1.165, 1.54) is 17.3 Å². The molecule has 0 saturated carbocycles. The van der Waals surface area contributed by atoms with E-state index in [0.29, 0.717) is 18.5 Å². The zero-order valence-corrected chi connectivity index (χ0v) is 10.4. The summed E-state index contributed by atoms with van der Waals surface area (Å²) in [5, 5.41) is 6.83. The summed E-state index contributed by atoms with van der Waals surface area (Å²) in [6.45, 7) is 2.68. The second-order valence-electron chi connectivity index (χ2n) is 3.53. The summed E-state index contributed by atoms with van der Waals surface area (Å²) < 4.78 is 6.92. The molecule has 8 heteroatoms. The third-order valence-corrected chi connectivity index (χ3v) is 2.18. The molecular formula is C10H15N7O. The summed E-state index contributed by atoms with van der Waals surface area (Å²) in [5.41, 5.74) is 0. The minimum Gasteiger partial charge on any atom is -0.463 e. The topological polar surface area (TPSA) is 90.6 Å². The third-order valence-electron chi connectivity index (χ3n) is 2.18. The van der Waals surface area contributed by atoms with Gasteiger partial charge in [0.15, 0.2) is 0 Å². The Labute approximate surface area is 104 Å². The fourth-order valence-electron chi connectivity index (χ4n) is 1.24. The van der Waals surface area contributed by atoms with Crippen molar-refractivity contribution in [2.45, 2.75) is 19.8 Å². The lowest BCUT2D eigenvalue weighted by molar-refractivity contribution is 0.284. The Balaban J connectivity index is 2.22. The van der Waals surface area contributed by atoms with Crippen molar-refractivity contribution >= 4 is 5.95 Å². The number of hydrogen-bond donors (Lipinski definition) is 1. The maximum atomic E-state index is 5.46. The van der Waals surface area contributed by atoms with Gasteiger partial charge in [0.1, 0.15) is 12.7 Å². The van der Waals surface area contributed by atoms with Gasteiger partial charge >= 0.3 is 6.01 Å². The Bertz CT molecular complexity index is 485. The monoisotopic (exact) mass is 249 g/mol. The Morgan fingerprint density at radius 1 is 1.33 bits per heavy atom. The Kier molecular flexibility index (Phi) is 4.00. The lowest BCUT2D eigenvalue weighted by Crippen LogP contribution is -2.10. The molecule has 0 amide bonds. The van der Waals surface area contributed by atoms with Crippen molar-refractivity contribution in [3.8, 4) is 12.0 Å². The molecule has 0 saturated heterocycles. The summed E-state index contributed by atoms with van der Waals surface area (Å²) >= 11 is 0. The van der Waals surface area contributed by atoms with Gasteiger partial charge in [-0.25, -0.2) is 4.98 Å². The number of hydrogen-bond acceptors (Lipinski definition) is 7. The molecular weight excluding hydrogens is 234 g/mol. The van der Waals surface area contributed by atoms with Crippen LogP contribution in [0.4, 0.5) is 5.95 Å². The van der Waals surface area contributed by atoms with Crippen LogP contribution < -0.4 is 10.1 Å². The smallest absolute Gasteiger partial charge is 0.323 e. The van der Waals surface area contributed by atoms with Crippen molar-refractivity contribution in [1.29, 1.82) is 0 Å². The van der Waals surface area contributed by atoms with E-state index in [2.05, 4.69) is 37.3 Å². The van der Waals surface area contributed by atoms with Gasteiger partial charge in [-0.2, -0.15) is 24.7 Å². The quantitative estimate of drug-likeness (QED) is 0.752. The molecule has 0 aliphatic heterocycles. The number of nitrogens with one attached hydrogen (secondary N) is 1. The summed E-state index contributed by atoms with van der Waals surface area (Å²) in [4.78, 5) is 16.3. The molecule has 8 nitrogen and oxygen atoms in total. The van der Waals surface area contributed by atoms with Gasteiger partial charge in [0.05, 0.1) is 6.61 Å². The zero-order chi connectivity index (χ0) is 12.8. The minimum atomic E-state index is 0.285. The second-order valence-corrected chi connectivity index (χ2v) is 3.53. The largest absolute Gasteiger partial charge is 0.463 e. The highest BCUT2D eigenvalue weighted by Gasteiger charge is 2.08. The average molecular weight is 249 g/mol. The molecule has 2 aromatic heterocycles. The predicted molar refractivity (Wildman–Crippen MR) is 64.7 cm³/mol. The fraction of sp³-hybridized carbons (Fsp3) is 0.500. The van der Waals surface area contributed by atoms with E-state index >= 15 is 0 Å². The molecule has 2 aromatic rings. The first kappa shape index (κ1) is 12.2. The Morgan fingerprint density at radius 3 is 2.89 bits per heavy atom. The molecule has 0 spiro atoms. The van der Waals surface area contributed by atoms with Gasteiger partial charge < -0.3 is 10.1 Å². The average Bonchev–Trinajstić information content (AvgIpc) is 2.92. The third kappa shape index (κ3) is 2.90. The molecule has 18 heavy (non-hydrogen) atoms. The van der Waals surface area contributed by atoms with E-state index in [0.717, 1.165) is 12.8 Å². The maximum Gasteiger partial charge on any atom is 0.323 e. The predicted octanol–water partition coefficient (Wildman–Crippen LogP) is 0.673. The van der Waals surface area contributed by atoms with Crippen molar-refractivity contribution in [2.75, 3.05) is 19.0 Å². The molecule has 0 bridgehead atoms. The lowest BCUT2D eigenvalue weighted by Gasteiger charge is -2.07. The molecule has 0 fully saturated rings. The van der Waals surface area contributed by atoms with Crippen LogP contribution in [0.3, 0.4) is 0 Å². The van der Waals surface area contributed by atoms with Gasteiger partial charge in [0, 0.05) is 7.05 Å². The molecule has 0 aliphatic carbocycles. The van der Waals surface area contributed by atoms with Crippen molar-refractivity contribution in [1.82, 2.24) is 29.7 Å². The van der Waals surface area contributed by atoms with Crippen molar-refractivity contribution < 1.29 is 4.74 Å². The molecule has 2 rings (SSSR count). The van der Waals surface area contributed by atoms with Gasteiger partial charge in [0.25, 0.3) is 5.95 Å². The van der Waals surface area contributed by atoms with E-state index < -0.39 is 0 Å². The Morgan fingerprint density at radius 2 is 2.22 bits per heavy atom. The zero-order valence-electron chi connectivity index (χ0n) is 10.4. The molecule has 0 radical (unpaired) electrons. The first-order chi connectivity index (χ1) is 8.83. The van der Waals surface area contributed by atoms with Crippen LogP contribution in [0.1, 0.15) is 19.8 Å². The summed E-state index contributed by atoms with van der Waals surface area (Å²) in [5.74, 6) is 0.806. The molecule has 96 valence electrons. The van der Waals surface area contributed by atoms with Crippen LogP contribution in [0.25, 0.3) is 5.95 Å². The van der Waals surface area contributed by atoms with E-state index in [9.17, 15) is 0 Å². The van der Waals surface area contributed by atoms with Crippen LogP contribution in [0, 0.1) is 0 Å². The lowest BCUT2D eigenvalue weighted by atomic mass is 10.4. The SMILES string of the molecule is CCCCOc1nc(NC)nc(-n2cncn2)n1. The van der Waals surface area contributed by atoms with Gasteiger partial charge in [-0.15, -0.1) is 0 Å². The van der Waals surface area contributed by atoms with Crippen molar-refractivity contribution in [3.05, 3.63) is 12.7 Å². The summed E-state index contributed by atoms with van der Waals surface area (Å²) in [6.07, 6.45) is 4.95. The van der Waals surface area contributed by atoms with Crippen molar-refractivity contribution in [2.24, 2.45) is 0 Å². The molecule has 1 N–H and O–H groups in total. The molecule has 0 unspecified atom stereocenters. The number of unbranched alkanes of at least 4 members (excludes halogenated alkanes) is 1. The van der Waals surface area contributed by atoms with Gasteiger partial charge in [0.2, 0.25) is 5.95 Å². The van der Waals surface area contributed by atoms with E-state index in [-0.39, 0.29) is 6.01 Å².